The molecule has 0 aromatic heterocycles. The molecule has 124 valence electrons. The summed E-state index contributed by atoms with van der Waals surface area (Å²) in [4.78, 5) is 5.14. The molecular formula is C19H38N2. The molecule has 0 unspecified atom stereocenters. The van der Waals surface area contributed by atoms with Crippen molar-refractivity contribution in [1.29, 1.82) is 0 Å². The van der Waals surface area contributed by atoms with Crippen LogP contribution in [0.2, 0.25) is 0 Å². The molecule has 21 heavy (non-hydrogen) atoms. The first-order valence-electron chi connectivity index (χ1n) is 9.18. The van der Waals surface area contributed by atoms with Gasteiger partial charge in [0.25, 0.3) is 0 Å². The summed E-state index contributed by atoms with van der Waals surface area (Å²) >= 11 is 0. The van der Waals surface area contributed by atoms with Gasteiger partial charge in [-0.2, -0.15) is 0 Å². The molecular weight excluding hydrogens is 256 g/mol. The van der Waals surface area contributed by atoms with E-state index in [4.69, 9.17) is 0 Å². The lowest BCUT2D eigenvalue weighted by atomic mass is 9.72. The minimum absolute atomic E-state index is 0.684. The van der Waals surface area contributed by atoms with Crippen LogP contribution in [0.15, 0.2) is 0 Å². The van der Waals surface area contributed by atoms with Crippen molar-refractivity contribution in [2.45, 2.75) is 67.2 Å². The molecule has 1 spiro atoms. The van der Waals surface area contributed by atoms with Crippen LogP contribution in [0.3, 0.4) is 0 Å². The highest BCUT2D eigenvalue weighted by Crippen LogP contribution is 2.40. The molecule has 0 bridgehead atoms. The fourth-order valence-electron chi connectivity index (χ4n) is 3.17. The first kappa shape index (κ1) is 20.5. The van der Waals surface area contributed by atoms with Crippen LogP contribution in [0.1, 0.15) is 67.2 Å². The van der Waals surface area contributed by atoms with Crippen LogP contribution < -0.4 is 0 Å². The second-order valence-corrected chi connectivity index (χ2v) is 5.69. The Morgan fingerprint density at radius 3 is 1.90 bits per heavy atom. The van der Waals surface area contributed by atoms with Crippen LogP contribution in [0.5, 0.6) is 0 Å². The largest absolute Gasteiger partial charge is 0.302 e. The lowest BCUT2D eigenvalue weighted by molar-refractivity contribution is -0.0438. The van der Waals surface area contributed by atoms with Gasteiger partial charge in [0.2, 0.25) is 0 Å². The zero-order valence-electron chi connectivity index (χ0n) is 15.5. The predicted molar refractivity (Wildman–Crippen MR) is 95.6 cm³/mol. The molecule has 0 aromatic carbocycles. The maximum atomic E-state index is 3.26. The summed E-state index contributed by atoms with van der Waals surface area (Å²) in [5.74, 6) is 6.43. The van der Waals surface area contributed by atoms with Gasteiger partial charge in [0, 0.05) is 19.5 Å². The molecule has 0 atom stereocenters. The van der Waals surface area contributed by atoms with Gasteiger partial charge in [-0.1, -0.05) is 47.5 Å². The number of hydrogen-bond donors (Lipinski definition) is 0. The van der Waals surface area contributed by atoms with Crippen LogP contribution in [-0.2, 0) is 0 Å². The van der Waals surface area contributed by atoms with E-state index in [-0.39, 0.29) is 0 Å². The van der Waals surface area contributed by atoms with E-state index in [1.165, 1.54) is 52.0 Å². The fraction of sp³-hybridized carbons (Fsp3) is 0.895. The zero-order valence-corrected chi connectivity index (χ0v) is 15.5. The average molecular weight is 295 g/mol. The summed E-state index contributed by atoms with van der Waals surface area (Å²) in [7, 11) is 0. The highest BCUT2D eigenvalue weighted by atomic mass is 15.2. The average Bonchev–Trinajstić information content (AvgIpc) is 2.52. The quantitative estimate of drug-likeness (QED) is 0.718. The van der Waals surface area contributed by atoms with Gasteiger partial charge in [0.1, 0.15) is 0 Å². The van der Waals surface area contributed by atoms with Crippen molar-refractivity contribution in [3.05, 3.63) is 0 Å². The van der Waals surface area contributed by atoms with Gasteiger partial charge in [-0.3, -0.25) is 4.90 Å². The Balaban J connectivity index is 0.000000921. The molecule has 2 saturated heterocycles. The van der Waals surface area contributed by atoms with Gasteiger partial charge in [0.15, 0.2) is 0 Å². The molecule has 0 N–H and O–H groups in total. The Hall–Kier alpha value is -0.520. The molecule has 2 rings (SSSR count). The number of likely N-dealkylation sites (tertiary alicyclic amines) is 2. The summed E-state index contributed by atoms with van der Waals surface area (Å²) in [5.41, 5.74) is 0.684. The Bertz CT molecular complexity index is 284. The third kappa shape index (κ3) is 6.85. The number of piperidine rings is 1. The monoisotopic (exact) mass is 294 g/mol. The fourth-order valence-corrected chi connectivity index (χ4v) is 3.17. The minimum Gasteiger partial charge on any atom is -0.302 e. The third-order valence-corrected chi connectivity index (χ3v) is 4.18. The molecule has 2 heteroatoms. The van der Waals surface area contributed by atoms with Gasteiger partial charge in [-0.05, 0) is 44.3 Å². The maximum Gasteiger partial charge on any atom is 0.0601 e. The van der Waals surface area contributed by atoms with E-state index in [1.807, 2.05) is 27.7 Å². The van der Waals surface area contributed by atoms with Crippen LogP contribution in [0, 0.1) is 17.3 Å². The number of hydrogen-bond acceptors (Lipinski definition) is 2. The Morgan fingerprint density at radius 2 is 1.43 bits per heavy atom. The van der Waals surface area contributed by atoms with Crippen LogP contribution >= 0.6 is 0 Å². The predicted octanol–water partition coefficient (Wildman–Crippen LogP) is 4.26. The molecule has 0 radical (unpaired) electrons. The van der Waals surface area contributed by atoms with Crippen molar-refractivity contribution in [2.75, 3.05) is 39.3 Å². The van der Waals surface area contributed by atoms with Crippen molar-refractivity contribution < 1.29 is 0 Å². The van der Waals surface area contributed by atoms with E-state index in [0.717, 1.165) is 13.0 Å². The zero-order chi connectivity index (χ0) is 16.1. The highest BCUT2D eigenvalue weighted by molar-refractivity contribution is 5.03. The molecule has 0 saturated carbocycles. The molecule has 2 nitrogen and oxygen atoms in total. The van der Waals surface area contributed by atoms with Gasteiger partial charge in [-0.15, -0.1) is 5.92 Å². The first-order chi connectivity index (χ1) is 10.3. The molecule has 2 heterocycles. The molecule has 2 aliphatic heterocycles. The van der Waals surface area contributed by atoms with Crippen molar-refractivity contribution in [3.63, 3.8) is 0 Å². The van der Waals surface area contributed by atoms with Crippen molar-refractivity contribution in [3.8, 4) is 11.8 Å². The van der Waals surface area contributed by atoms with Gasteiger partial charge in [0.05, 0.1) is 6.54 Å². The van der Waals surface area contributed by atoms with E-state index < -0.39 is 0 Å². The van der Waals surface area contributed by atoms with Gasteiger partial charge < -0.3 is 4.90 Å². The first-order valence-corrected chi connectivity index (χ1v) is 9.18. The van der Waals surface area contributed by atoms with E-state index >= 15 is 0 Å². The molecule has 0 amide bonds. The van der Waals surface area contributed by atoms with Crippen LogP contribution in [0.4, 0.5) is 0 Å². The van der Waals surface area contributed by atoms with E-state index in [0.29, 0.717) is 5.41 Å². The summed E-state index contributed by atoms with van der Waals surface area (Å²) < 4.78 is 0. The third-order valence-electron chi connectivity index (χ3n) is 4.18. The molecule has 0 aliphatic carbocycles. The Morgan fingerprint density at radius 1 is 0.857 bits per heavy atom. The molecule has 2 fully saturated rings. The second kappa shape index (κ2) is 12.1. The standard InChI is InChI=1S/C15H26N2.2C2H6/c1-3-5-6-10-16-11-7-15(8-12-16)13-17(14-15)9-4-2;2*1-2/h3-4,7-14H2,1-2H3;2*1-2H3. The topological polar surface area (TPSA) is 6.48 Å². The van der Waals surface area contributed by atoms with Crippen LogP contribution in [0.25, 0.3) is 0 Å². The molecule has 2 aliphatic rings. The van der Waals surface area contributed by atoms with E-state index in [9.17, 15) is 0 Å². The maximum absolute atomic E-state index is 3.26. The minimum atomic E-state index is 0.684. The highest BCUT2D eigenvalue weighted by Gasteiger charge is 2.43. The normalized spacial score (nSPS) is 20.1. The smallest absolute Gasteiger partial charge is 0.0601 e. The lowest BCUT2D eigenvalue weighted by Gasteiger charge is -2.54. The second-order valence-electron chi connectivity index (χ2n) is 5.69. The number of rotatable bonds is 3. The van der Waals surface area contributed by atoms with E-state index in [2.05, 4.69) is 35.5 Å². The van der Waals surface area contributed by atoms with Crippen molar-refractivity contribution in [1.82, 2.24) is 9.80 Å². The van der Waals surface area contributed by atoms with Gasteiger partial charge >= 0.3 is 0 Å². The summed E-state index contributed by atoms with van der Waals surface area (Å²) in [6.45, 7) is 19.9. The molecule has 0 aromatic rings. The number of nitrogens with zero attached hydrogens (tertiary/aromatic N) is 2. The lowest BCUT2D eigenvalue weighted by Crippen LogP contribution is -2.60. The summed E-state index contributed by atoms with van der Waals surface area (Å²) in [6, 6.07) is 0. The van der Waals surface area contributed by atoms with Crippen LogP contribution in [-0.4, -0.2) is 49.1 Å². The van der Waals surface area contributed by atoms with Gasteiger partial charge in [-0.25, -0.2) is 0 Å². The van der Waals surface area contributed by atoms with Crippen molar-refractivity contribution >= 4 is 0 Å². The Labute approximate surface area is 134 Å². The Kier molecular flexibility index (Phi) is 11.8. The van der Waals surface area contributed by atoms with E-state index in [1.54, 1.807) is 0 Å². The summed E-state index contributed by atoms with van der Waals surface area (Å²) in [5, 5.41) is 0. The summed E-state index contributed by atoms with van der Waals surface area (Å²) in [6.07, 6.45) is 5.07. The van der Waals surface area contributed by atoms with Crippen molar-refractivity contribution in [2.24, 2.45) is 5.41 Å². The SMILES string of the molecule is CC.CC.CCC#CCN1CCC2(CC1)CN(CCC)C2.